The number of allylic oxidation sites excluding steroid dienone is 4. The van der Waals surface area contributed by atoms with E-state index >= 15 is 0 Å². The van der Waals surface area contributed by atoms with Crippen LogP contribution >= 0.6 is 0 Å². The topological polar surface area (TPSA) is 80.4 Å². The highest BCUT2D eigenvalue weighted by Gasteiger charge is 2.27. The molecule has 2 unspecified atom stereocenters. The van der Waals surface area contributed by atoms with Gasteiger partial charge in [-0.25, -0.2) is 0 Å². The Morgan fingerprint density at radius 2 is 0.875 bits per heavy atom. The van der Waals surface area contributed by atoms with E-state index in [1.54, 1.807) is 0 Å². The van der Waals surface area contributed by atoms with Gasteiger partial charge in [-0.15, -0.1) is 0 Å². The molecule has 0 radical (unpaired) electrons. The molecule has 0 rings (SSSR count). The molecule has 0 aromatic carbocycles. The lowest BCUT2D eigenvalue weighted by molar-refractivity contribution is -0.134. The Morgan fingerprint density at radius 3 is 1.35 bits per heavy atom. The van der Waals surface area contributed by atoms with E-state index in [2.05, 4.69) is 38.2 Å². The fourth-order valence-corrected chi connectivity index (χ4v) is 5.12. The number of carbonyl (C=O) groups excluding carboxylic acids is 2. The van der Waals surface area contributed by atoms with Gasteiger partial charge in [0.15, 0.2) is 11.6 Å². The van der Waals surface area contributed by atoms with Crippen LogP contribution in [0.25, 0.3) is 0 Å². The molecule has 0 heterocycles. The molecule has 0 saturated heterocycles. The second-order valence-electron chi connectivity index (χ2n) is 11.9. The maximum atomic E-state index is 12.4. The summed E-state index contributed by atoms with van der Waals surface area (Å²) in [6, 6.07) is -1.07. The number of nitrogens with two attached hydrogens (primary N) is 1. The van der Waals surface area contributed by atoms with Crippen molar-refractivity contribution < 1.29 is 14.7 Å². The van der Waals surface area contributed by atoms with Crippen molar-refractivity contribution >= 4 is 11.6 Å². The summed E-state index contributed by atoms with van der Waals surface area (Å²) in [6.45, 7) is 4.49. The summed E-state index contributed by atoms with van der Waals surface area (Å²) in [6.07, 6.45) is 37.2. The number of unbranched alkanes of at least 4 members (excludes halogenated alkanes) is 20. The molecule has 0 aliphatic heterocycles. The van der Waals surface area contributed by atoms with E-state index < -0.39 is 12.1 Å². The van der Waals surface area contributed by atoms with Gasteiger partial charge in [0.1, 0.15) is 6.10 Å². The van der Waals surface area contributed by atoms with Crippen molar-refractivity contribution in [3.8, 4) is 0 Å². The lowest BCUT2D eigenvalue weighted by atomic mass is 9.96. The molecular weight excluding hydrogens is 494 g/mol. The molecule has 0 aliphatic rings. The maximum Gasteiger partial charge on any atom is 0.163 e. The molecule has 3 N–H and O–H groups in total. The number of hydrogen-bond donors (Lipinski definition) is 2. The van der Waals surface area contributed by atoms with Crippen molar-refractivity contribution in [2.75, 3.05) is 0 Å². The van der Waals surface area contributed by atoms with E-state index in [0.29, 0.717) is 12.8 Å². The van der Waals surface area contributed by atoms with Crippen LogP contribution in [-0.4, -0.2) is 28.8 Å². The van der Waals surface area contributed by atoms with Crippen LogP contribution in [0.4, 0.5) is 0 Å². The Labute approximate surface area is 249 Å². The first-order valence-corrected chi connectivity index (χ1v) is 17.3. The fraction of sp³-hybridized carbons (Fsp3) is 0.833. The Hall–Kier alpha value is -1.26. The van der Waals surface area contributed by atoms with Gasteiger partial charge in [-0.3, -0.25) is 9.59 Å². The molecule has 0 amide bonds. The maximum absolute atomic E-state index is 12.4. The van der Waals surface area contributed by atoms with Crippen LogP contribution in [0.1, 0.15) is 181 Å². The molecule has 234 valence electrons. The minimum Gasteiger partial charge on any atom is -0.383 e. The highest BCUT2D eigenvalue weighted by molar-refractivity contribution is 5.93. The molecule has 0 fully saturated rings. The molecule has 2 atom stereocenters. The van der Waals surface area contributed by atoms with Gasteiger partial charge >= 0.3 is 0 Å². The highest BCUT2D eigenvalue weighted by Crippen LogP contribution is 2.14. The van der Waals surface area contributed by atoms with Crippen LogP contribution in [-0.2, 0) is 9.59 Å². The normalized spacial score (nSPS) is 13.4. The monoisotopic (exact) mass is 562 g/mol. The number of aliphatic hydroxyl groups is 1. The van der Waals surface area contributed by atoms with Gasteiger partial charge in [0, 0.05) is 12.8 Å². The Morgan fingerprint density at radius 1 is 0.525 bits per heavy atom. The zero-order valence-electron chi connectivity index (χ0n) is 26.7. The molecule has 0 aromatic rings. The van der Waals surface area contributed by atoms with E-state index in [4.69, 9.17) is 5.73 Å². The number of hydrogen-bond acceptors (Lipinski definition) is 4. The van der Waals surface area contributed by atoms with Crippen molar-refractivity contribution in [2.24, 2.45) is 5.73 Å². The minimum atomic E-state index is -1.34. The molecule has 0 spiro atoms. The molecule has 0 saturated carbocycles. The van der Waals surface area contributed by atoms with Crippen molar-refractivity contribution in [3.63, 3.8) is 0 Å². The van der Waals surface area contributed by atoms with Crippen LogP contribution < -0.4 is 5.73 Å². The Balaban J connectivity index is 3.64. The summed E-state index contributed by atoms with van der Waals surface area (Å²) in [4.78, 5) is 24.7. The van der Waals surface area contributed by atoms with Gasteiger partial charge in [-0.2, -0.15) is 0 Å². The fourth-order valence-electron chi connectivity index (χ4n) is 5.12. The van der Waals surface area contributed by atoms with Gasteiger partial charge in [0.05, 0.1) is 6.04 Å². The number of carbonyl (C=O) groups is 2. The average Bonchev–Trinajstić information content (AvgIpc) is 2.96. The largest absolute Gasteiger partial charge is 0.383 e. The van der Waals surface area contributed by atoms with E-state index in [1.807, 2.05) is 0 Å². The first kappa shape index (κ1) is 38.7. The lowest BCUT2D eigenvalue weighted by Gasteiger charge is -2.16. The third-order valence-corrected chi connectivity index (χ3v) is 7.94. The van der Waals surface area contributed by atoms with Gasteiger partial charge in [0.25, 0.3) is 0 Å². The standard InChI is InChI=1S/C36H67NO3/c1-3-5-7-9-11-13-15-17-18-20-21-23-25-27-29-31-33(38)35(37)36(40)34(39)32-30-28-26-24-22-19-16-14-12-10-8-6-4-2/h11,13,17-18,35-36,40H,3-10,12,14-16,19-32,37H2,1-2H3/b13-11-,18-17-. The summed E-state index contributed by atoms with van der Waals surface area (Å²) < 4.78 is 0. The lowest BCUT2D eigenvalue weighted by Crippen LogP contribution is -2.46. The van der Waals surface area contributed by atoms with E-state index in [-0.39, 0.29) is 11.6 Å². The van der Waals surface area contributed by atoms with Crippen molar-refractivity contribution in [1.29, 1.82) is 0 Å². The predicted molar refractivity (Wildman–Crippen MR) is 174 cm³/mol. The van der Waals surface area contributed by atoms with E-state index in [1.165, 1.54) is 96.3 Å². The second-order valence-corrected chi connectivity index (χ2v) is 11.9. The summed E-state index contributed by atoms with van der Waals surface area (Å²) in [5.74, 6) is -0.458. The zero-order chi connectivity index (χ0) is 29.5. The van der Waals surface area contributed by atoms with Gasteiger partial charge in [0.2, 0.25) is 0 Å². The van der Waals surface area contributed by atoms with Gasteiger partial charge < -0.3 is 10.8 Å². The number of aliphatic hydroxyl groups excluding tert-OH is 1. The Bertz CT molecular complexity index is 628. The predicted octanol–water partition coefficient (Wildman–Crippen LogP) is 10.1. The Kier molecular flexibility index (Phi) is 29.7. The van der Waals surface area contributed by atoms with Crippen molar-refractivity contribution in [1.82, 2.24) is 0 Å². The van der Waals surface area contributed by atoms with Crippen molar-refractivity contribution in [2.45, 2.75) is 193 Å². The van der Waals surface area contributed by atoms with Crippen molar-refractivity contribution in [3.05, 3.63) is 24.3 Å². The third kappa shape index (κ3) is 25.7. The van der Waals surface area contributed by atoms with E-state index in [9.17, 15) is 14.7 Å². The molecule has 4 heteroatoms. The van der Waals surface area contributed by atoms with Crippen LogP contribution in [0.3, 0.4) is 0 Å². The SMILES string of the molecule is CCCCC/C=C\C/C=C\CCCCCCCC(=O)C(N)C(O)C(=O)CCCCCCCCCCCCCCC. The van der Waals surface area contributed by atoms with Crippen LogP contribution in [0.15, 0.2) is 24.3 Å². The number of ketones is 2. The molecular formula is C36H67NO3. The molecule has 4 nitrogen and oxygen atoms in total. The molecule has 0 aliphatic carbocycles. The molecule has 0 aromatic heterocycles. The van der Waals surface area contributed by atoms with Gasteiger partial charge in [-0.05, 0) is 44.9 Å². The number of Topliss-reactive ketones (excluding diaryl/α,β-unsaturated/α-hetero) is 2. The average molecular weight is 562 g/mol. The second kappa shape index (κ2) is 30.7. The zero-order valence-corrected chi connectivity index (χ0v) is 26.7. The minimum absolute atomic E-state index is 0.183. The summed E-state index contributed by atoms with van der Waals surface area (Å²) in [5, 5.41) is 10.3. The molecule has 40 heavy (non-hydrogen) atoms. The molecule has 0 bridgehead atoms. The first-order valence-electron chi connectivity index (χ1n) is 17.3. The van der Waals surface area contributed by atoms with Crippen LogP contribution in [0, 0.1) is 0 Å². The highest BCUT2D eigenvalue weighted by atomic mass is 16.3. The van der Waals surface area contributed by atoms with E-state index in [0.717, 1.165) is 57.8 Å². The smallest absolute Gasteiger partial charge is 0.163 e. The summed E-state index contributed by atoms with van der Waals surface area (Å²) in [7, 11) is 0. The summed E-state index contributed by atoms with van der Waals surface area (Å²) in [5.41, 5.74) is 5.93. The third-order valence-electron chi connectivity index (χ3n) is 7.94. The van der Waals surface area contributed by atoms with Crippen LogP contribution in [0.5, 0.6) is 0 Å². The first-order chi connectivity index (χ1) is 19.5. The number of rotatable bonds is 31. The summed E-state index contributed by atoms with van der Waals surface area (Å²) >= 11 is 0. The quantitative estimate of drug-likeness (QED) is 0.0651. The van der Waals surface area contributed by atoms with Crippen LogP contribution in [0.2, 0.25) is 0 Å². The van der Waals surface area contributed by atoms with Gasteiger partial charge in [-0.1, -0.05) is 147 Å².